The molecular formula is C54H41NS. The molecular weight excluding hydrogens is 695 g/mol. The molecule has 2 heteroatoms. The van der Waals surface area contributed by atoms with Gasteiger partial charge in [-0.3, -0.25) is 0 Å². The van der Waals surface area contributed by atoms with E-state index < -0.39 is 0 Å². The van der Waals surface area contributed by atoms with E-state index in [1.807, 2.05) is 11.3 Å². The molecule has 0 N–H and O–H groups in total. The largest absolute Gasteiger partial charge is 0.309 e. The van der Waals surface area contributed by atoms with Crippen molar-refractivity contribution in [2.75, 3.05) is 4.90 Å². The Morgan fingerprint density at radius 2 is 0.875 bits per heavy atom. The van der Waals surface area contributed by atoms with E-state index in [1.54, 1.807) is 0 Å². The number of fused-ring (bicyclic) bond motifs is 9. The van der Waals surface area contributed by atoms with Crippen LogP contribution < -0.4 is 4.90 Å². The third-order valence-electron chi connectivity index (χ3n) is 12.7. The van der Waals surface area contributed by atoms with Crippen molar-refractivity contribution in [2.24, 2.45) is 0 Å². The van der Waals surface area contributed by atoms with E-state index in [4.69, 9.17) is 0 Å². The van der Waals surface area contributed by atoms with Gasteiger partial charge in [-0.2, -0.15) is 0 Å². The summed E-state index contributed by atoms with van der Waals surface area (Å²) in [7, 11) is 0. The van der Waals surface area contributed by atoms with E-state index >= 15 is 0 Å². The number of hydrogen-bond acceptors (Lipinski definition) is 2. The van der Waals surface area contributed by atoms with Crippen LogP contribution in [0.2, 0.25) is 0 Å². The maximum Gasteiger partial charge on any atom is 0.0543 e. The maximum atomic E-state index is 2.53. The molecule has 1 heterocycles. The smallest absolute Gasteiger partial charge is 0.0543 e. The number of thiophene rings is 1. The van der Waals surface area contributed by atoms with Crippen molar-refractivity contribution >= 4 is 48.6 Å². The fourth-order valence-electron chi connectivity index (χ4n) is 10.0. The lowest BCUT2D eigenvalue weighted by Gasteiger charge is -2.31. The van der Waals surface area contributed by atoms with Crippen molar-refractivity contribution in [1.29, 1.82) is 0 Å². The molecule has 0 amide bonds. The lowest BCUT2D eigenvalue weighted by Crippen LogP contribution is -2.16. The summed E-state index contributed by atoms with van der Waals surface area (Å²) in [4.78, 5) is 2.53. The average molecular weight is 736 g/mol. The molecule has 9 aromatic rings. The van der Waals surface area contributed by atoms with Crippen LogP contribution >= 0.6 is 11.3 Å². The molecule has 11 rings (SSSR count). The van der Waals surface area contributed by atoms with Crippen LogP contribution in [0, 0.1) is 0 Å². The van der Waals surface area contributed by atoms with E-state index in [0.717, 1.165) is 11.4 Å². The Bertz CT molecular complexity index is 3030. The highest BCUT2D eigenvalue weighted by Gasteiger charge is 2.39. The minimum atomic E-state index is -0.115. The zero-order chi connectivity index (χ0) is 37.8. The van der Waals surface area contributed by atoms with Gasteiger partial charge in [-0.1, -0.05) is 167 Å². The van der Waals surface area contributed by atoms with E-state index in [0.29, 0.717) is 0 Å². The van der Waals surface area contributed by atoms with Gasteiger partial charge >= 0.3 is 0 Å². The Morgan fingerprint density at radius 3 is 1.62 bits per heavy atom. The van der Waals surface area contributed by atoms with Gasteiger partial charge in [0.05, 0.1) is 11.4 Å². The highest BCUT2D eigenvalue weighted by Crippen LogP contribution is 2.56. The fraction of sp³-hybridized carbons (Fsp3) is 0.111. The van der Waals surface area contributed by atoms with Gasteiger partial charge < -0.3 is 4.90 Å². The van der Waals surface area contributed by atoms with Crippen molar-refractivity contribution < 1.29 is 0 Å². The fourth-order valence-corrected chi connectivity index (χ4v) is 11.1. The van der Waals surface area contributed by atoms with Crippen LogP contribution in [0.4, 0.5) is 17.1 Å². The van der Waals surface area contributed by atoms with Crippen LogP contribution in [0.3, 0.4) is 0 Å². The number of hydrogen-bond donors (Lipinski definition) is 0. The summed E-state index contributed by atoms with van der Waals surface area (Å²) in [6.45, 7) is 9.46. The summed E-state index contributed by atoms with van der Waals surface area (Å²) >= 11 is 1.88. The minimum Gasteiger partial charge on any atom is -0.309 e. The number of anilines is 3. The van der Waals surface area contributed by atoms with Crippen molar-refractivity contribution in [3.05, 3.63) is 198 Å². The Kier molecular flexibility index (Phi) is 7.18. The number of rotatable bonds is 5. The molecule has 1 aromatic heterocycles. The summed E-state index contributed by atoms with van der Waals surface area (Å²) in [5.74, 6) is 0. The Morgan fingerprint density at radius 1 is 0.375 bits per heavy atom. The lowest BCUT2D eigenvalue weighted by atomic mass is 9.82. The summed E-state index contributed by atoms with van der Waals surface area (Å²) < 4.78 is 2.63. The van der Waals surface area contributed by atoms with E-state index in [-0.39, 0.29) is 10.8 Å². The van der Waals surface area contributed by atoms with Crippen LogP contribution in [-0.2, 0) is 10.8 Å². The summed E-state index contributed by atoms with van der Waals surface area (Å²) in [5.41, 5.74) is 19.2. The van der Waals surface area contributed by atoms with Crippen molar-refractivity contribution in [1.82, 2.24) is 0 Å². The predicted octanol–water partition coefficient (Wildman–Crippen LogP) is 15.5. The van der Waals surface area contributed by atoms with Gasteiger partial charge in [-0.15, -0.1) is 11.3 Å². The van der Waals surface area contributed by atoms with Crippen LogP contribution in [0.5, 0.6) is 0 Å². The molecule has 56 heavy (non-hydrogen) atoms. The molecule has 0 aliphatic heterocycles. The van der Waals surface area contributed by atoms with E-state index in [9.17, 15) is 0 Å². The van der Waals surface area contributed by atoms with Gasteiger partial charge in [0.15, 0.2) is 0 Å². The van der Waals surface area contributed by atoms with Gasteiger partial charge in [0.1, 0.15) is 0 Å². The molecule has 8 aromatic carbocycles. The molecule has 0 spiro atoms. The zero-order valence-electron chi connectivity index (χ0n) is 32.1. The number of para-hydroxylation sites is 1. The first kappa shape index (κ1) is 33.1. The molecule has 0 bridgehead atoms. The molecule has 0 unspecified atom stereocenters. The number of benzene rings is 8. The minimum absolute atomic E-state index is 0.0449. The molecule has 0 saturated carbocycles. The molecule has 2 aliphatic carbocycles. The Labute approximate surface area is 333 Å². The highest BCUT2D eigenvalue weighted by molar-refractivity contribution is 7.25. The molecule has 0 atom stereocenters. The summed E-state index contributed by atoms with van der Waals surface area (Å²) in [6.07, 6.45) is 0. The van der Waals surface area contributed by atoms with Crippen LogP contribution in [0.25, 0.3) is 64.7 Å². The third kappa shape index (κ3) is 4.66. The van der Waals surface area contributed by atoms with Crippen LogP contribution in [-0.4, -0.2) is 0 Å². The molecule has 0 fully saturated rings. The predicted molar refractivity (Wildman–Crippen MR) is 240 cm³/mol. The lowest BCUT2D eigenvalue weighted by molar-refractivity contribution is 0.660. The van der Waals surface area contributed by atoms with E-state index in [2.05, 4.69) is 209 Å². The molecule has 268 valence electrons. The molecule has 2 aliphatic rings. The zero-order valence-corrected chi connectivity index (χ0v) is 32.9. The van der Waals surface area contributed by atoms with Crippen LogP contribution in [0.1, 0.15) is 49.9 Å². The second kappa shape index (κ2) is 12.1. The maximum absolute atomic E-state index is 2.53. The SMILES string of the molecule is CC1(C)c2ccccc2-c2c(-c3ccc(N(c4ccccc4-c4cccc5sc6ccccc6c45)c4cccc5c4-c4ccccc4C5(C)C)cc3)cccc21. The first-order valence-electron chi connectivity index (χ1n) is 19.7. The van der Waals surface area contributed by atoms with Crippen LogP contribution in [0.15, 0.2) is 176 Å². The monoisotopic (exact) mass is 735 g/mol. The molecule has 0 radical (unpaired) electrons. The standard InChI is InChI=1S/C54H41NS/c1-53(2)42-22-9-5-17-39(42)50-36(20-13-24-44(50)53)34-30-32-35(33-31-34)55(47-27-15-25-45-52(47)40-18-6-10-23-43(40)54(45,3)4)46-26-11-7-16-37(46)38-21-14-29-49-51(38)41-19-8-12-28-48(41)56-49/h5-33H,1-4H3. The first-order valence-corrected chi connectivity index (χ1v) is 20.5. The van der Waals surface area contributed by atoms with Gasteiger partial charge in [-0.25, -0.2) is 0 Å². The van der Waals surface area contributed by atoms with Crippen molar-refractivity contribution in [2.45, 2.75) is 38.5 Å². The quantitative estimate of drug-likeness (QED) is 0.170. The highest BCUT2D eigenvalue weighted by atomic mass is 32.1. The van der Waals surface area contributed by atoms with Gasteiger partial charge in [0.2, 0.25) is 0 Å². The van der Waals surface area contributed by atoms with Gasteiger partial charge in [-0.05, 0) is 92.0 Å². The van der Waals surface area contributed by atoms with Crippen molar-refractivity contribution in [3.63, 3.8) is 0 Å². The normalized spacial score (nSPS) is 14.4. The first-order chi connectivity index (χ1) is 27.3. The second-order valence-corrected chi connectivity index (χ2v) is 17.5. The van der Waals surface area contributed by atoms with E-state index in [1.165, 1.54) is 92.6 Å². The Balaban J connectivity index is 1.15. The van der Waals surface area contributed by atoms with Gasteiger partial charge in [0.25, 0.3) is 0 Å². The Hall–Kier alpha value is -6.22. The molecule has 0 saturated heterocycles. The summed E-state index contributed by atoms with van der Waals surface area (Å²) in [6, 6.07) is 65.7. The molecule has 1 nitrogen and oxygen atoms in total. The third-order valence-corrected chi connectivity index (χ3v) is 13.8. The number of nitrogens with zero attached hydrogens (tertiary/aromatic N) is 1. The summed E-state index contributed by atoms with van der Waals surface area (Å²) in [5, 5.41) is 2.63. The average Bonchev–Trinajstić information content (AvgIpc) is 3.82. The van der Waals surface area contributed by atoms with Gasteiger partial charge in [0, 0.05) is 47.8 Å². The topological polar surface area (TPSA) is 3.24 Å². The van der Waals surface area contributed by atoms with Crippen molar-refractivity contribution in [3.8, 4) is 44.5 Å². The second-order valence-electron chi connectivity index (χ2n) is 16.4.